The average molecular weight is 429 g/mol. The molecule has 0 saturated carbocycles. The van der Waals surface area contributed by atoms with Crippen molar-refractivity contribution in [2.24, 2.45) is 0 Å². The van der Waals surface area contributed by atoms with E-state index in [1.54, 1.807) is 0 Å². The number of carbonyl (C=O) groups is 1. The quantitative estimate of drug-likeness (QED) is 0.523. The Morgan fingerprint density at radius 3 is 3.00 bits per heavy atom. The Morgan fingerprint density at radius 1 is 1.28 bits per heavy atom. The van der Waals surface area contributed by atoms with Crippen LogP contribution in [0.4, 0.5) is 5.13 Å². The minimum atomic E-state index is -0.0627. The van der Waals surface area contributed by atoms with Gasteiger partial charge in [0.2, 0.25) is 11.0 Å². The first-order chi connectivity index (χ1) is 14.2. The number of hydrogen-bond acceptors (Lipinski definition) is 7. The van der Waals surface area contributed by atoms with Crippen molar-refractivity contribution in [2.75, 3.05) is 24.2 Å². The van der Waals surface area contributed by atoms with E-state index in [2.05, 4.69) is 45.1 Å². The predicted octanol–water partition coefficient (Wildman–Crippen LogP) is 4.25. The third kappa shape index (κ3) is 5.26. The summed E-state index contributed by atoms with van der Waals surface area (Å²) in [5.41, 5.74) is 1.12. The van der Waals surface area contributed by atoms with E-state index >= 15 is 0 Å². The predicted molar refractivity (Wildman–Crippen MR) is 119 cm³/mol. The summed E-state index contributed by atoms with van der Waals surface area (Å²) in [6, 6.07) is 14.3. The number of aromatic nitrogens is 2. The minimum Gasteiger partial charge on any atom is -0.376 e. The number of nitrogens with zero attached hydrogens (tertiary/aromatic N) is 2. The second-order valence-electron chi connectivity index (χ2n) is 7.04. The Bertz CT molecular complexity index is 967. The molecular weight excluding hydrogens is 404 g/mol. The smallest absolute Gasteiger partial charge is 0.230 e. The van der Waals surface area contributed by atoms with Gasteiger partial charge in [-0.05, 0) is 36.1 Å². The van der Waals surface area contributed by atoms with Gasteiger partial charge in [0.05, 0.1) is 17.9 Å². The van der Waals surface area contributed by atoms with Gasteiger partial charge >= 0.3 is 0 Å². The SMILES string of the molecule is C[C@@H](NC(=O)CSc1nnc(NC[C@@H]2CCCO2)s1)c1cccc2ccccc12. The second kappa shape index (κ2) is 9.56. The van der Waals surface area contributed by atoms with Gasteiger partial charge in [-0.1, -0.05) is 65.6 Å². The van der Waals surface area contributed by atoms with E-state index in [0.29, 0.717) is 5.75 Å². The van der Waals surface area contributed by atoms with Crippen LogP contribution >= 0.6 is 23.1 Å². The Labute approximate surface area is 178 Å². The van der Waals surface area contributed by atoms with Crippen LogP contribution in [-0.4, -0.2) is 41.1 Å². The molecule has 1 aliphatic rings. The fourth-order valence-electron chi connectivity index (χ4n) is 3.46. The van der Waals surface area contributed by atoms with Crippen molar-refractivity contribution in [1.29, 1.82) is 0 Å². The summed E-state index contributed by atoms with van der Waals surface area (Å²) in [6.07, 6.45) is 2.47. The number of thioether (sulfide) groups is 1. The van der Waals surface area contributed by atoms with Crippen molar-refractivity contribution in [1.82, 2.24) is 15.5 Å². The lowest BCUT2D eigenvalue weighted by Gasteiger charge is -2.16. The van der Waals surface area contributed by atoms with Crippen LogP contribution in [-0.2, 0) is 9.53 Å². The number of carbonyl (C=O) groups excluding carboxylic acids is 1. The van der Waals surface area contributed by atoms with Gasteiger partial charge in [0.1, 0.15) is 0 Å². The highest BCUT2D eigenvalue weighted by Crippen LogP contribution is 2.27. The number of benzene rings is 2. The van der Waals surface area contributed by atoms with Gasteiger partial charge < -0.3 is 15.4 Å². The molecule has 1 fully saturated rings. The minimum absolute atomic E-state index is 0.0144. The van der Waals surface area contributed by atoms with E-state index in [1.807, 2.05) is 25.1 Å². The van der Waals surface area contributed by atoms with E-state index in [-0.39, 0.29) is 18.1 Å². The van der Waals surface area contributed by atoms with E-state index in [4.69, 9.17) is 4.74 Å². The highest BCUT2D eigenvalue weighted by atomic mass is 32.2. The van der Waals surface area contributed by atoms with E-state index in [9.17, 15) is 4.79 Å². The zero-order chi connectivity index (χ0) is 20.1. The van der Waals surface area contributed by atoms with Crippen molar-refractivity contribution in [3.05, 3.63) is 48.0 Å². The Kier molecular flexibility index (Phi) is 6.63. The fourth-order valence-corrected chi connectivity index (χ4v) is 5.03. The van der Waals surface area contributed by atoms with Crippen molar-refractivity contribution in [3.8, 4) is 0 Å². The van der Waals surface area contributed by atoms with Crippen LogP contribution in [0.5, 0.6) is 0 Å². The molecule has 1 aliphatic heterocycles. The second-order valence-corrected chi connectivity index (χ2v) is 9.24. The summed E-state index contributed by atoms with van der Waals surface area (Å²) in [4.78, 5) is 12.4. The maximum absolute atomic E-state index is 12.4. The standard InChI is InChI=1S/C21H24N4O2S2/c1-14(17-10-4-7-15-6-2-3-9-18(15)17)23-19(26)13-28-21-25-24-20(29-21)22-12-16-8-5-11-27-16/h2-4,6-7,9-10,14,16H,5,8,11-13H2,1H3,(H,22,24)(H,23,26)/t14-,16+/m1/s1. The summed E-state index contributed by atoms with van der Waals surface area (Å²) in [5, 5.41) is 17.8. The number of fused-ring (bicyclic) bond motifs is 1. The van der Waals surface area contributed by atoms with Gasteiger partial charge in [-0.2, -0.15) is 0 Å². The molecule has 0 radical (unpaired) electrons. The largest absolute Gasteiger partial charge is 0.376 e. The van der Waals surface area contributed by atoms with Gasteiger partial charge in [-0.3, -0.25) is 4.79 Å². The molecule has 2 N–H and O–H groups in total. The summed E-state index contributed by atoms with van der Waals surface area (Å²) >= 11 is 2.88. The molecule has 152 valence electrons. The first-order valence-corrected chi connectivity index (χ1v) is 11.6. The Balaban J connectivity index is 1.27. The third-order valence-corrected chi connectivity index (χ3v) is 6.92. The molecule has 6 nitrogen and oxygen atoms in total. The Hall–Kier alpha value is -2.16. The third-order valence-electron chi connectivity index (χ3n) is 4.91. The number of hydrogen-bond donors (Lipinski definition) is 2. The van der Waals surface area contributed by atoms with Crippen LogP contribution in [0.1, 0.15) is 31.4 Å². The molecule has 1 aromatic heterocycles. The van der Waals surface area contributed by atoms with Crippen molar-refractivity contribution < 1.29 is 9.53 Å². The average Bonchev–Trinajstić information content (AvgIpc) is 3.42. The molecule has 2 aromatic carbocycles. The van der Waals surface area contributed by atoms with Crippen LogP contribution in [0.2, 0.25) is 0 Å². The van der Waals surface area contributed by atoms with E-state index in [1.165, 1.54) is 33.9 Å². The number of rotatable bonds is 8. The van der Waals surface area contributed by atoms with Gasteiger partial charge in [0.25, 0.3) is 0 Å². The molecule has 0 unspecified atom stereocenters. The maximum Gasteiger partial charge on any atom is 0.230 e. The fraction of sp³-hybridized carbons (Fsp3) is 0.381. The Morgan fingerprint density at radius 2 is 2.14 bits per heavy atom. The highest BCUT2D eigenvalue weighted by molar-refractivity contribution is 8.01. The molecule has 1 amide bonds. The molecule has 3 aromatic rings. The zero-order valence-corrected chi connectivity index (χ0v) is 17.9. The first kappa shape index (κ1) is 20.1. The van der Waals surface area contributed by atoms with Gasteiger partial charge in [0.15, 0.2) is 4.34 Å². The van der Waals surface area contributed by atoms with Crippen molar-refractivity contribution >= 4 is 44.9 Å². The lowest BCUT2D eigenvalue weighted by molar-refractivity contribution is -0.119. The zero-order valence-electron chi connectivity index (χ0n) is 16.3. The lowest BCUT2D eigenvalue weighted by Crippen LogP contribution is -2.28. The summed E-state index contributed by atoms with van der Waals surface area (Å²) in [6.45, 7) is 3.61. The van der Waals surface area contributed by atoms with Gasteiger partial charge in [-0.15, -0.1) is 10.2 Å². The first-order valence-electron chi connectivity index (χ1n) is 9.78. The summed E-state index contributed by atoms with van der Waals surface area (Å²) in [7, 11) is 0. The molecule has 0 aliphatic carbocycles. The maximum atomic E-state index is 12.4. The molecule has 2 atom stereocenters. The molecule has 1 saturated heterocycles. The number of amides is 1. The van der Waals surface area contributed by atoms with Crippen LogP contribution < -0.4 is 10.6 Å². The normalized spacial score (nSPS) is 17.3. The van der Waals surface area contributed by atoms with E-state index < -0.39 is 0 Å². The molecule has 4 rings (SSSR count). The molecular formula is C21H24N4O2S2. The van der Waals surface area contributed by atoms with Gasteiger partial charge in [-0.25, -0.2) is 0 Å². The number of nitrogens with one attached hydrogen (secondary N) is 2. The van der Waals surface area contributed by atoms with Gasteiger partial charge in [0, 0.05) is 13.2 Å². The number of anilines is 1. The molecule has 2 heterocycles. The number of ether oxygens (including phenoxy) is 1. The highest BCUT2D eigenvalue weighted by Gasteiger charge is 2.17. The van der Waals surface area contributed by atoms with Crippen molar-refractivity contribution in [3.63, 3.8) is 0 Å². The van der Waals surface area contributed by atoms with Crippen LogP contribution in [0.15, 0.2) is 46.8 Å². The van der Waals surface area contributed by atoms with Crippen molar-refractivity contribution in [2.45, 2.75) is 36.3 Å². The van der Waals surface area contributed by atoms with Crippen LogP contribution in [0.3, 0.4) is 0 Å². The monoisotopic (exact) mass is 428 g/mol. The summed E-state index contributed by atoms with van der Waals surface area (Å²) in [5.74, 6) is 0.301. The van der Waals surface area contributed by atoms with Crippen LogP contribution in [0, 0.1) is 0 Å². The molecule has 8 heteroatoms. The van der Waals surface area contributed by atoms with Crippen LogP contribution in [0.25, 0.3) is 10.8 Å². The molecule has 0 bridgehead atoms. The summed E-state index contributed by atoms with van der Waals surface area (Å²) < 4.78 is 6.38. The lowest BCUT2D eigenvalue weighted by atomic mass is 10.00. The molecule has 0 spiro atoms. The van der Waals surface area contributed by atoms with E-state index in [0.717, 1.165) is 41.0 Å². The topological polar surface area (TPSA) is 76.1 Å². The molecule has 29 heavy (non-hydrogen) atoms.